The van der Waals surface area contributed by atoms with Gasteiger partial charge in [0, 0.05) is 50.4 Å². The van der Waals surface area contributed by atoms with Gasteiger partial charge in [-0.05, 0) is 66.1 Å². The molecule has 0 unspecified atom stereocenters. The maximum Gasteiger partial charge on any atom is 0.253 e. The third-order valence-electron chi connectivity index (χ3n) is 6.84. The summed E-state index contributed by atoms with van der Waals surface area (Å²) in [6.45, 7) is 3.07. The second kappa shape index (κ2) is 9.96. The van der Waals surface area contributed by atoms with Crippen molar-refractivity contribution in [1.82, 2.24) is 9.80 Å². The van der Waals surface area contributed by atoms with Crippen LogP contribution < -0.4 is 4.90 Å². The van der Waals surface area contributed by atoms with Crippen LogP contribution in [0.15, 0.2) is 72.8 Å². The van der Waals surface area contributed by atoms with Gasteiger partial charge in [-0.2, -0.15) is 0 Å². The second-order valence-corrected chi connectivity index (χ2v) is 9.03. The Hall–Kier alpha value is -3.58. The van der Waals surface area contributed by atoms with E-state index in [-0.39, 0.29) is 29.5 Å². The van der Waals surface area contributed by atoms with Gasteiger partial charge in [-0.3, -0.25) is 14.5 Å². The van der Waals surface area contributed by atoms with E-state index in [0.717, 1.165) is 29.8 Å². The number of nitrogens with zero attached hydrogens (tertiary/aromatic N) is 3. The first kappa shape index (κ1) is 23.2. The molecule has 180 valence electrons. The van der Waals surface area contributed by atoms with Crippen LogP contribution in [0.25, 0.3) is 0 Å². The first-order chi connectivity index (χ1) is 17.0. The Labute approximate surface area is 203 Å². The van der Waals surface area contributed by atoms with Gasteiger partial charge in [0.05, 0.1) is 6.04 Å². The summed E-state index contributed by atoms with van der Waals surface area (Å²) in [6.07, 6.45) is 1.43. The maximum atomic E-state index is 13.6. The fourth-order valence-electron chi connectivity index (χ4n) is 4.98. The Bertz CT molecular complexity index is 1140. The molecule has 3 aromatic rings. The lowest BCUT2D eigenvalue weighted by Gasteiger charge is -2.40. The van der Waals surface area contributed by atoms with Crippen LogP contribution in [0.2, 0.25) is 0 Å². The number of amides is 2. The average molecular weight is 476 g/mol. The maximum absolute atomic E-state index is 13.6. The quantitative estimate of drug-likeness (QED) is 0.540. The molecule has 5 rings (SSSR count). The number of halogens is 2. The smallest absolute Gasteiger partial charge is 0.253 e. The molecule has 2 amide bonds. The van der Waals surface area contributed by atoms with Gasteiger partial charge in [0.2, 0.25) is 5.91 Å². The average Bonchev–Trinajstić information content (AvgIpc) is 3.32. The summed E-state index contributed by atoms with van der Waals surface area (Å²) < 4.78 is 27.1. The number of piperazine rings is 1. The molecule has 35 heavy (non-hydrogen) atoms. The highest BCUT2D eigenvalue weighted by Gasteiger charge is 2.29. The third-order valence-corrected chi connectivity index (χ3v) is 6.84. The SMILES string of the molecule is O=C(c1ccc(N2CCCC2=O)cc1)N1CCN(C(c2ccc(F)cc2)c2ccc(F)cc2)CC1. The van der Waals surface area contributed by atoms with Gasteiger partial charge in [-0.15, -0.1) is 0 Å². The van der Waals surface area contributed by atoms with Crippen LogP contribution in [-0.4, -0.2) is 54.3 Å². The highest BCUT2D eigenvalue weighted by atomic mass is 19.1. The summed E-state index contributed by atoms with van der Waals surface area (Å²) in [5.74, 6) is -0.523. The molecule has 0 bridgehead atoms. The molecule has 0 spiro atoms. The van der Waals surface area contributed by atoms with E-state index >= 15 is 0 Å². The fraction of sp³-hybridized carbons (Fsp3) is 0.286. The molecule has 0 N–H and O–H groups in total. The normalized spacial score (nSPS) is 16.8. The summed E-state index contributed by atoms with van der Waals surface area (Å²) in [6, 6.07) is 19.9. The summed E-state index contributed by atoms with van der Waals surface area (Å²) in [5, 5.41) is 0. The summed E-state index contributed by atoms with van der Waals surface area (Å²) in [7, 11) is 0. The molecule has 0 saturated carbocycles. The Morgan fingerprint density at radius 2 is 1.26 bits per heavy atom. The van der Waals surface area contributed by atoms with E-state index in [0.29, 0.717) is 38.2 Å². The van der Waals surface area contributed by atoms with Gasteiger partial charge in [0.15, 0.2) is 0 Å². The molecule has 0 radical (unpaired) electrons. The van der Waals surface area contributed by atoms with Crippen molar-refractivity contribution in [2.75, 3.05) is 37.6 Å². The van der Waals surface area contributed by atoms with Crippen molar-refractivity contribution in [1.29, 1.82) is 0 Å². The lowest BCUT2D eigenvalue weighted by molar-refractivity contribution is -0.117. The molecule has 0 aliphatic carbocycles. The van der Waals surface area contributed by atoms with Gasteiger partial charge in [0.1, 0.15) is 11.6 Å². The number of hydrogen-bond acceptors (Lipinski definition) is 3. The zero-order valence-electron chi connectivity index (χ0n) is 19.4. The Morgan fingerprint density at radius 1 is 0.714 bits per heavy atom. The molecule has 2 aliphatic rings. The van der Waals surface area contributed by atoms with Crippen LogP contribution in [0.4, 0.5) is 14.5 Å². The van der Waals surface area contributed by atoms with E-state index in [1.807, 2.05) is 17.0 Å². The summed E-state index contributed by atoms with van der Waals surface area (Å²) in [5.41, 5.74) is 3.27. The monoisotopic (exact) mass is 475 g/mol. The standard InChI is InChI=1S/C28H27F2N3O2/c29-23-9-3-20(4-10-23)27(21-5-11-24(30)12-6-21)31-16-18-32(19-17-31)28(35)22-7-13-25(14-8-22)33-15-1-2-26(33)34/h3-14,27H,1-2,15-19H2. The van der Waals surface area contributed by atoms with Crippen molar-refractivity contribution < 1.29 is 18.4 Å². The lowest BCUT2D eigenvalue weighted by atomic mass is 9.96. The molecular formula is C28H27F2N3O2. The van der Waals surface area contributed by atoms with Gasteiger partial charge >= 0.3 is 0 Å². The van der Waals surface area contributed by atoms with E-state index in [1.165, 1.54) is 24.3 Å². The van der Waals surface area contributed by atoms with Crippen molar-refractivity contribution >= 4 is 17.5 Å². The summed E-state index contributed by atoms with van der Waals surface area (Å²) in [4.78, 5) is 30.9. The van der Waals surface area contributed by atoms with Crippen LogP contribution in [0, 0.1) is 11.6 Å². The van der Waals surface area contributed by atoms with Crippen molar-refractivity contribution in [3.05, 3.63) is 101 Å². The van der Waals surface area contributed by atoms with Crippen molar-refractivity contribution in [2.45, 2.75) is 18.9 Å². The number of benzene rings is 3. The minimum Gasteiger partial charge on any atom is -0.336 e. The molecule has 0 atom stereocenters. The molecule has 7 heteroatoms. The molecule has 0 aromatic heterocycles. The number of anilines is 1. The minimum absolute atomic E-state index is 0.0379. The topological polar surface area (TPSA) is 43.9 Å². The minimum atomic E-state index is -0.304. The van der Waals surface area contributed by atoms with Gasteiger partial charge in [-0.1, -0.05) is 24.3 Å². The van der Waals surface area contributed by atoms with Crippen molar-refractivity contribution in [3.63, 3.8) is 0 Å². The zero-order valence-corrected chi connectivity index (χ0v) is 19.4. The van der Waals surface area contributed by atoms with E-state index in [9.17, 15) is 18.4 Å². The Kier molecular flexibility index (Phi) is 6.59. The molecule has 2 heterocycles. The van der Waals surface area contributed by atoms with Gasteiger partial charge < -0.3 is 9.80 Å². The number of carbonyl (C=O) groups is 2. The molecule has 2 aliphatic heterocycles. The molecule has 2 fully saturated rings. The number of hydrogen-bond donors (Lipinski definition) is 0. The van der Waals surface area contributed by atoms with E-state index in [2.05, 4.69) is 4.90 Å². The first-order valence-corrected chi connectivity index (χ1v) is 11.9. The van der Waals surface area contributed by atoms with Crippen molar-refractivity contribution in [2.24, 2.45) is 0 Å². The van der Waals surface area contributed by atoms with E-state index in [1.54, 1.807) is 41.3 Å². The van der Waals surface area contributed by atoms with E-state index in [4.69, 9.17) is 0 Å². The number of rotatable bonds is 5. The molecule has 2 saturated heterocycles. The molecule has 5 nitrogen and oxygen atoms in total. The summed E-state index contributed by atoms with van der Waals surface area (Å²) >= 11 is 0. The highest BCUT2D eigenvalue weighted by Crippen LogP contribution is 2.30. The fourth-order valence-corrected chi connectivity index (χ4v) is 4.98. The predicted molar refractivity (Wildman–Crippen MR) is 130 cm³/mol. The van der Waals surface area contributed by atoms with Crippen LogP contribution >= 0.6 is 0 Å². The van der Waals surface area contributed by atoms with Crippen LogP contribution in [-0.2, 0) is 4.79 Å². The lowest BCUT2D eigenvalue weighted by Crippen LogP contribution is -2.49. The van der Waals surface area contributed by atoms with Crippen LogP contribution in [0.3, 0.4) is 0 Å². The molecule has 3 aromatic carbocycles. The molecular weight excluding hydrogens is 448 g/mol. The van der Waals surface area contributed by atoms with Crippen LogP contribution in [0.1, 0.15) is 40.4 Å². The first-order valence-electron chi connectivity index (χ1n) is 11.9. The largest absolute Gasteiger partial charge is 0.336 e. The van der Waals surface area contributed by atoms with Gasteiger partial charge in [0.25, 0.3) is 5.91 Å². The number of carbonyl (C=O) groups excluding carboxylic acids is 2. The zero-order chi connectivity index (χ0) is 24.4. The predicted octanol–water partition coefficient (Wildman–Crippen LogP) is 4.64. The Morgan fingerprint density at radius 3 is 1.74 bits per heavy atom. The van der Waals surface area contributed by atoms with E-state index < -0.39 is 0 Å². The van der Waals surface area contributed by atoms with Crippen LogP contribution in [0.5, 0.6) is 0 Å². The van der Waals surface area contributed by atoms with Crippen molar-refractivity contribution in [3.8, 4) is 0 Å². The Balaban J connectivity index is 1.28. The third kappa shape index (κ3) is 4.95. The second-order valence-electron chi connectivity index (χ2n) is 9.03. The highest BCUT2D eigenvalue weighted by molar-refractivity contribution is 5.97. The van der Waals surface area contributed by atoms with Gasteiger partial charge in [-0.25, -0.2) is 8.78 Å².